The van der Waals surface area contributed by atoms with E-state index in [0.29, 0.717) is 25.1 Å². The lowest BCUT2D eigenvalue weighted by Crippen LogP contribution is -2.39. The number of amidine groups is 1. The van der Waals surface area contributed by atoms with E-state index < -0.39 is 16.1 Å². The molecule has 8 heteroatoms. The molecule has 0 saturated carbocycles. The van der Waals surface area contributed by atoms with Gasteiger partial charge in [0.1, 0.15) is 11.9 Å². The van der Waals surface area contributed by atoms with Crippen LogP contribution in [-0.4, -0.2) is 50.2 Å². The first-order chi connectivity index (χ1) is 15.0. The molecule has 2 aromatic carbocycles. The number of nitrogens with zero attached hydrogens (tertiary/aromatic N) is 2. The summed E-state index contributed by atoms with van der Waals surface area (Å²) in [5, 5.41) is 3.48. The van der Waals surface area contributed by atoms with Crippen molar-refractivity contribution in [1.82, 2.24) is 9.62 Å². The third-order valence-corrected chi connectivity index (χ3v) is 7.11. The predicted molar refractivity (Wildman–Crippen MR) is 122 cm³/mol. The van der Waals surface area contributed by atoms with Gasteiger partial charge in [-0.2, -0.15) is 0 Å². The number of carbonyl (C=O) groups is 1. The normalized spacial score (nSPS) is 21.5. The van der Waals surface area contributed by atoms with Crippen molar-refractivity contribution in [1.29, 1.82) is 0 Å². The molecule has 2 unspecified atom stereocenters. The fraction of sp³-hybridized carbons (Fsp3) is 0.391. The first kappa shape index (κ1) is 21.4. The van der Waals surface area contributed by atoms with E-state index in [1.54, 1.807) is 24.3 Å². The van der Waals surface area contributed by atoms with Crippen molar-refractivity contribution in [3.8, 4) is 0 Å². The number of amides is 1. The highest BCUT2D eigenvalue weighted by atomic mass is 32.2. The number of rotatable bonds is 7. The standard InChI is InChI=1S/C23H28N4O3S/c1-2-3-12-20(25-22-19-11-7-8-13-21(19)31(29,30)26-22)23(28)27-15-14-18(16-27)24-17-9-5-4-6-10-17/h4-11,13,18,20,24H,2-3,12,14-16H2,1H3,(H,25,26). The molecule has 164 valence electrons. The van der Waals surface area contributed by atoms with Gasteiger partial charge in [0.25, 0.3) is 10.0 Å². The molecular weight excluding hydrogens is 412 g/mol. The molecule has 0 radical (unpaired) electrons. The van der Waals surface area contributed by atoms with Crippen LogP contribution in [0.25, 0.3) is 0 Å². The number of fused-ring (bicyclic) bond motifs is 1. The van der Waals surface area contributed by atoms with Crippen LogP contribution in [0, 0.1) is 0 Å². The summed E-state index contributed by atoms with van der Waals surface area (Å²) in [4.78, 5) is 20.0. The van der Waals surface area contributed by atoms with E-state index in [-0.39, 0.29) is 22.7 Å². The summed E-state index contributed by atoms with van der Waals surface area (Å²) < 4.78 is 27.3. The number of anilines is 1. The maximum Gasteiger partial charge on any atom is 0.263 e. The highest BCUT2D eigenvalue weighted by molar-refractivity contribution is 7.90. The van der Waals surface area contributed by atoms with E-state index in [4.69, 9.17) is 0 Å². The summed E-state index contributed by atoms with van der Waals surface area (Å²) in [7, 11) is -3.62. The molecule has 1 fully saturated rings. The Hall–Kier alpha value is -2.87. The van der Waals surface area contributed by atoms with Crippen LogP contribution in [0.3, 0.4) is 0 Å². The van der Waals surface area contributed by atoms with Crippen LogP contribution in [0.1, 0.15) is 38.2 Å². The molecule has 0 spiro atoms. The molecule has 2 aromatic rings. The highest BCUT2D eigenvalue weighted by Crippen LogP contribution is 2.24. The Morgan fingerprint density at radius 2 is 1.94 bits per heavy atom. The first-order valence-corrected chi connectivity index (χ1v) is 12.3. The second-order valence-corrected chi connectivity index (χ2v) is 9.67. The molecule has 2 aliphatic rings. The van der Waals surface area contributed by atoms with Gasteiger partial charge >= 0.3 is 0 Å². The van der Waals surface area contributed by atoms with Gasteiger partial charge in [-0.25, -0.2) is 8.42 Å². The van der Waals surface area contributed by atoms with Crippen molar-refractivity contribution in [2.45, 2.75) is 49.6 Å². The van der Waals surface area contributed by atoms with Crippen LogP contribution in [0.2, 0.25) is 0 Å². The fourth-order valence-electron chi connectivity index (χ4n) is 4.09. The minimum atomic E-state index is -3.62. The van der Waals surface area contributed by atoms with Gasteiger partial charge in [-0.1, -0.05) is 50.1 Å². The number of carbonyl (C=O) groups excluding carboxylic acids is 1. The van der Waals surface area contributed by atoms with Crippen LogP contribution >= 0.6 is 0 Å². The minimum absolute atomic E-state index is 0.0399. The van der Waals surface area contributed by atoms with Gasteiger partial charge in [0.05, 0.1) is 4.90 Å². The molecule has 0 aromatic heterocycles. The van der Waals surface area contributed by atoms with Crippen LogP contribution in [0.15, 0.2) is 64.5 Å². The lowest BCUT2D eigenvalue weighted by Gasteiger charge is -2.22. The lowest BCUT2D eigenvalue weighted by molar-refractivity contribution is -0.131. The van der Waals surface area contributed by atoms with Crippen LogP contribution in [0.4, 0.5) is 5.69 Å². The Bertz CT molecular complexity index is 1070. The van der Waals surface area contributed by atoms with E-state index >= 15 is 0 Å². The number of sulfonamides is 1. The van der Waals surface area contributed by atoms with E-state index in [2.05, 4.69) is 22.0 Å². The molecule has 4 rings (SSSR count). The van der Waals surface area contributed by atoms with Crippen molar-refractivity contribution < 1.29 is 13.2 Å². The van der Waals surface area contributed by atoms with E-state index in [1.807, 2.05) is 35.2 Å². The van der Waals surface area contributed by atoms with Crippen molar-refractivity contribution in [3.63, 3.8) is 0 Å². The van der Waals surface area contributed by atoms with Gasteiger partial charge in [0.15, 0.2) is 0 Å². The van der Waals surface area contributed by atoms with Crippen LogP contribution in [-0.2, 0) is 14.8 Å². The second kappa shape index (κ2) is 9.09. The number of benzene rings is 2. The molecule has 0 aliphatic carbocycles. The Balaban J connectivity index is 1.51. The topological polar surface area (TPSA) is 90.9 Å². The number of hydrogen-bond acceptors (Lipinski definition) is 5. The lowest BCUT2D eigenvalue weighted by atomic mass is 10.1. The van der Waals surface area contributed by atoms with E-state index in [9.17, 15) is 13.2 Å². The Morgan fingerprint density at radius 1 is 1.19 bits per heavy atom. The SMILES string of the molecule is CCCCC(N=C1NS(=O)(=O)c2ccccc21)C(=O)N1CCC(Nc2ccccc2)C1. The average Bonchev–Trinajstić information content (AvgIpc) is 3.34. The maximum atomic E-state index is 13.3. The van der Waals surface area contributed by atoms with Crippen LogP contribution in [0.5, 0.6) is 0 Å². The summed E-state index contributed by atoms with van der Waals surface area (Å²) in [5.41, 5.74) is 1.57. The summed E-state index contributed by atoms with van der Waals surface area (Å²) in [5.74, 6) is 0.227. The molecule has 1 saturated heterocycles. The Kier molecular flexibility index (Phi) is 6.27. The third kappa shape index (κ3) is 4.74. The molecule has 2 heterocycles. The first-order valence-electron chi connectivity index (χ1n) is 10.8. The third-order valence-electron chi connectivity index (χ3n) is 5.71. The molecule has 0 bridgehead atoms. The molecule has 2 atom stereocenters. The summed E-state index contributed by atoms with van der Waals surface area (Å²) in [6.07, 6.45) is 3.25. The minimum Gasteiger partial charge on any atom is -0.380 e. The van der Waals surface area contributed by atoms with Crippen molar-refractivity contribution in [2.24, 2.45) is 4.99 Å². The maximum absolute atomic E-state index is 13.3. The monoisotopic (exact) mass is 440 g/mol. The van der Waals surface area contributed by atoms with Gasteiger partial charge in [-0.15, -0.1) is 0 Å². The second-order valence-electron chi connectivity index (χ2n) is 8.02. The van der Waals surface area contributed by atoms with Gasteiger partial charge in [-0.05, 0) is 37.1 Å². The molecule has 2 aliphatic heterocycles. The van der Waals surface area contributed by atoms with Crippen molar-refractivity contribution in [2.75, 3.05) is 18.4 Å². The number of aliphatic imine (C=N–C) groups is 1. The van der Waals surface area contributed by atoms with Gasteiger partial charge in [0, 0.05) is 30.4 Å². The molecule has 7 nitrogen and oxygen atoms in total. The smallest absolute Gasteiger partial charge is 0.263 e. The number of unbranched alkanes of at least 4 members (excludes halogenated alkanes) is 1. The average molecular weight is 441 g/mol. The summed E-state index contributed by atoms with van der Waals surface area (Å²) in [6, 6.07) is 16.3. The van der Waals surface area contributed by atoms with E-state index in [0.717, 1.165) is 24.9 Å². The predicted octanol–water partition coefficient (Wildman–Crippen LogP) is 3.00. The molecular formula is C23H28N4O3S. The Labute approximate surface area is 183 Å². The zero-order valence-electron chi connectivity index (χ0n) is 17.6. The van der Waals surface area contributed by atoms with Crippen molar-refractivity contribution >= 4 is 27.5 Å². The molecule has 31 heavy (non-hydrogen) atoms. The number of likely N-dealkylation sites (tertiary alicyclic amines) is 1. The number of nitrogens with one attached hydrogen (secondary N) is 2. The number of hydrogen-bond donors (Lipinski definition) is 2. The summed E-state index contributed by atoms with van der Waals surface area (Å²) >= 11 is 0. The summed E-state index contributed by atoms with van der Waals surface area (Å²) in [6.45, 7) is 3.35. The fourth-order valence-corrected chi connectivity index (χ4v) is 5.32. The van der Waals surface area contributed by atoms with E-state index in [1.165, 1.54) is 0 Å². The van der Waals surface area contributed by atoms with Gasteiger partial charge in [0.2, 0.25) is 5.91 Å². The highest BCUT2D eigenvalue weighted by Gasteiger charge is 2.34. The zero-order chi connectivity index (χ0) is 21.8. The van der Waals surface area contributed by atoms with Gasteiger partial charge < -0.3 is 10.2 Å². The van der Waals surface area contributed by atoms with Gasteiger partial charge in [-0.3, -0.25) is 14.5 Å². The number of para-hydroxylation sites is 1. The quantitative estimate of drug-likeness (QED) is 0.693. The molecule has 1 amide bonds. The van der Waals surface area contributed by atoms with Crippen molar-refractivity contribution in [3.05, 3.63) is 60.2 Å². The Morgan fingerprint density at radius 3 is 2.71 bits per heavy atom. The van der Waals surface area contributed by atoms with Crippen LogP contribution < -0.4 is 10.0 Å². The molecule has 2 N–H and O–H groups in total. The zero-order valence-corrected chi connectivity index (χ0v) is 18.4. The largest absolute Gasteiger partial charge is 0.380 e.